The zero-order chi connectivity index (χ0) is 23.7. The van der Waals surface area contributed by atoms with Crippen LogP contribution in [0.3, 0.4) is 0 Å². The summed E-state index contributed by atoms with van der Waals surface area (Å²) < 4.78 is 50.3. The van der Waals surface area contributed by atoms with Crippen LogP contribution in [0.5, 0.6) is 5.75 Å². The van der Waals surface area contributed by atoms with Crippen molar-refractivity contribution in [1.82, 2.24) is 4.90 Å². The van der Waals surface area contributed by atoms with Crippen LogP contribution in [0.4, 0.5) is 17.6 Å². The van der Waals surface area contributed by atoms with E-state index in [4.69, 9.17) is 26.2 Å². The summed E-state index contributed by atoms with van der Waals surface area (Å²) in [5.74, 6) is -1.99. The maximum Gasteiger partial charge on any atom is 0.490 e. The monoisotopic (exact) mass is 477 g/mol. The summed E-state index contributed by atoms with van der Waals surface area (Å²) in [6.07, 6.45) is -3.68. The van der Waals surface area contributed by atoms with Gasteiger partial charge in [-0.25, -0.2) is 9.18 Å². The molecule has 1 unspecified atom stereocenters. The highest BCUT2D eigenvalue weighted by Gasteiger charge is 2.38. The number of hydrogen-bond donors (Lipinski definition) is 2. The molecule has 0 aromatic heterocycles. The van der Waals surface area contributed by atoms with Crippen molar-refractivity contribution >= 4 is 17.6 Å². The van der Waals surface area contributed by atoms with E-state index in [0.29, 0.717) is 11.6 Å². The van der Waals surface area contributed by atoms with Crippen molar-refractivity contribution < 1.29 is 37.3 Å². The fourth-order valence-corrected chi connectivity index (χ4v) is 3.32. The van der Waals surface area contributed by atoms with Gasteiger partial charge in [-0.1, -0.05) is 23.7 Å². The van der Waals surface area contributed by atoms with Crippen LogP contribution < -0.4 is 4.74 Å². The molecule has 2 aromatic rings. The number of ether oxygens (including phenoxy) is 1. The average Bonchev–Trinajstić information content (AvgIpc) is 2.75. The average molecular weight is 478 g/mol. The Labute approximate surface area is 188 Å². The standard InChI is InChI=1S/C20H23ClFNO2.C2HF3O2/c21-17-3-7-19(8-4-17)25-14-20(24)16-9-11-23(12-10-16)13-15-1-5-18(22)6-2-15;3-2(4,5)1(6)7/h1-8,16,20,24H,9-14H2;(H,6,7). The van der Waals surface area contributed by atoms with Gasteiger partial charge in [-0.2, -0.15) is 13.2 Å². The lowest BCUT2D eigenvalue weighted by Gasteiger charge is -2.34. The first-order valence-corrected chi connectivity index (χ1v) is 10.3. The summed E-state index contributed by atoms with van der Waals surface area (Å²) in [4.78, 5) is 11.2. The highest BCUT2D eigenvalue weighted by Crippen LogP contribution is 2.23. The summed E-state index contributed by atoms with van der Waals surface area (Å²) in [5, 5.41) is 18.2. The fraction of sp³-hybridized carbons (Fsp3) is 0.409. The summed E-state index contributed by atoms with van der Waals surface area (Å²) in [5.41, 5.74) is 1.12. The van der Waals surface area contributed by atoms with Gasteiger partial charge in [-0.05, 0) is 73.8 Å². The lowest BCUT2D eigenvalue weighted by atomic mass is 9.91. The van der Waals surface area contributed by atoms with Crippen LogP contribution in [0.1, 0.15) is 18.4 Å². The van der Waals surface area contributed by atoms with Gasteiger partial charge in [-0.3, -0.25) is 4.90 Å². The van der Waals surface area contributed by atoms with Crippen LogP contribution >= 0.6 is 11.6 Å². The van der Waals surface area contributed by atoms with Crippen LogP contribution in [0.25, 0.3) is 0 Å². The fourth-order valence-electron chi connectivity index (χ4n) is 3.19. The zero-order valence-corrected chi connectivity index (χ0v) is 17.8. The molecule has 10 heteroatoms. The quantitative estimate of drug-likeness (QED) is 0.587. The lowest BCUT2D eigenvalue weighted by Crippen LogP contribution is -2.39. The molecule has 176 valence electrons. The van der Waals surface area contributed by atoms with Gasteiger partial charge in [0.05, 0.1) is 6.10 Å². The summed E-state index contributed by atoms with van der Waals surface area (Å²) in [6, 6.07) is 13.8. The van der Waals surface area contributed by atoms with E-state index in [0.717, 1.165) is 43.8 Å². The van der Waals surface area contributed by atoms with Gasteiger partial charge in [-0.15, -0.1) is 0 Å². The largest absolute Gasteiger partial charge is 0.491 e. The summed E-state index contributed by atoms with van der Waals surface area (Å²) in [7, 11) is 0. The van der Waals surface area contributed by atoms with Gasteiger partial charge in [0, 0.05) is 11.6 Å². The van der Waals surface area contributed by atoms with E-state index in [2.05, 4.69) is 4.90 Å². The maximum atomic E-state index is 13.0. The molecule has 1 fully saturated rings. The third-order valence-electron chi connectivity index (χ3n) is 4.97. The Morgan fingerprint density at radius 2 is 1.62 bits per heavy atom. The molecular formula is C22H24ClF4NO4. The van der Waals surface area contributed by atoms with Gasteiger partial charge < -0.3 is 14.9 Å². The number of benzene rings is 2. The van der Waals surface area contributed by atoms with Crippen molar-refractivity contribution in [1.29, 1.82) is 0 Å². The minimum atomic E-state index is -5.08. The second-order valence-corrected chi connectivity index (χ2v) is 7.81. The lowest BCUT2D eigenvalue weighted by molar-refractivity contribution is -0.192. The van der Waals surface area contributed by atoms with Crippen molar-refractivity contribution in [2.45, 2.75) is 31.7 Å². The number of halogens is 5. The number of aliphatic hydroxyl groups is 1. The molecule has 0 bridgehead atoms. The van der Waals surface area contributed by atoms with Crippen molar-refractivity contribution in [2.75, 3.05) is 19.7 Å². The number of rotatable bonds is 6. The van der Waals surface area contributed by atoms with E-state index in [1.165, 1.54) is 12.1 Å². The van der Waals surface area contributed by atoms with E-state index in [1.54, 1.807) is 24.3 Å². The van der Waals surface area contributed by atoms with Gasteiger partial charge >= 0.3 is 12.1 Å². The van der Waals surface area contributed by atoms with Crippen molar-refractivity contribution in [2.24, 2.45) is 5.92 Å². The Bertz CT molecular complexity index is 839. The molecule has 0 amide bonds. The smallest absolute Gasteiger partial charge is 0.490 e. The first-order valence-electron chi connectivity index (χ1n) is 9.88. The minimum Gasteiger partial charge on any atom is -0.491 e. The van der Waals surface area contributed by atoms with E-state index >= 15 is 0 Å². The van der Waals surface area contributed by atoms with E-state index in [-0.39, 0.29) is 11.7 Å². The van der Waals surface area contributed by atoms with Crippen LogP contribution in [0.2, 0.25) is 5.02 Å². The van der Waals surface area contributed by atoms with Gasteiger partial charge in [0.15, 0.2) is 0 Å². The van der Waals surface area contributed by atoms with Crippen molar-refractivity contribution in [3.05, 3.63) is 64.9 Å². The number of aliphatic carboxylic acids is 1. The number of alkyl halides is 3. The maximum absolute atomic E-state index is 13.0. The molecule has 3 rings (SSSR count). The van der Waals surface area contributed by atoms with Crippen LogP contribution in [-0.4, -0.2) is 53.1 Å². The van der Waals surface area contributed by atoms with Crippen LogP contribution in [0.15, 0.2) is 48.5 Å². The molecule has 1 atom stereocenters. The second kappa shape index (κ2) is 12.0. The van der Waals surface area contributed by atoms with Gasteiger partial charge in [0.1, 0.15) is 18.2 Å². The molecule has 32 heavy (non-hydrogen) atoms. The third-order valence-corrected chi connectivity index (χ3v) is 5.22. The first-order chi connectivity index (χ1) is 15.0. The van der Waals surface area contributed by atoms with E-state index in [1.807, 2.05) is 12.1 Å². The molecule has 5 nitrogen and oxygen atoms in total. The molecule has 0 saturated carbocycles. The van der Waals surface area contributed by atoms with Crippen molar-refractivity contribution in [3.63, 3.8) is 0 Å². The number of carbonyl (C=O) groups is 1. The SMILES string of the molecule is O=C(O)C(F)(F)F.OC(COc1ccc(Cl)cc1)C1CCN(Cc2ccc(F)cc2)CC1. The van der Waals surface area contributed by atoms with E-state index < -0.39 is 18.2 Å². The molecule has 0 aliphatic carbocycles. The normalized spacial score (nSPS) is 16.1. The highest BCUT2D eigenvalue weighted by molar-refractivity contribution is 6.30. The van der Waals surface area contributed by atoms with Crippen LogP contribution in [-0.2, 0) is 11.3 Å². The Kier molecular flexibility index (Phi) is 9.74. The predicted octanol–water partition coefficient (Wildman–Crippen LogP) is 4.76. The Morgan fingerprint density at radius 3 is 2.12 bits per heavy atom. The highest BCUT2D eigenvalue weighted by atomic mass is 35.5. The zero-order valence-electron chi connectivity index (χ0n) is 17.1. The summed E-state index contributed by atoms with van der Waals surface area (Å²) in [6.45, 7) is 2.98. The number of hydrogen-bond acceptors (Lipinski definition) is 4. The topological polar surface area (TPSA) is 70.0 Å². The van der Waals surface area contributed by atoms with E-state index in [9.17, 15) is 22.7 Å². The molecule has 1 heterocycles. The number of carboxylic acids is 1. The molecular weight excluding hydrogens is 454 g/mol. The molecule has 0 radical (unpaired) electrons. The Morgan fingerprint density at radius 1 is 1.09 bits per heavy atom. The second-order valence-electron chi connectivity index (χ2n) is 7.38. The number of likely N-dealkylation sites (tertiary alicyclic amines) is 1. The number of piperidine rings is 1. The van der Waals surface area contributed by atoms with Crippen LogP contribution in [0, 0.1) is 11.7 Å². The molecule has 1 aliphatic heterocycles. The predicted molar refractivity (Wildman–Crippen MR) is 111 cm³/mol. The Balaban J connectivity index is 0.000000451. The number of nitrogens with zero attached hydrogens (tertiary/aromatic N) is 1. The summed E-state index contributed by atoms with van der Waals surface area (Å²) >= 11 is 5.85. The Hall–Kier alpha value is -2.36. The van der Waals surface area contributed by atoms with Gasteiger partial charge in [0.25, 0.3) is 0 Å². The number of carboxylic acid groups (broad SMARTS) is 1. The van der Waals surface area contributed by atoms with Crippen molar-refractivity contribution in [3.8, 4) is 5.75 Å². The molecule has 2 aromatic carbocycles. The minimum absolute atomic E-state index is 0.203. The third kappa shape index (κ3) is 9.02. The molecule has 1 aliphatic rings. The molecule has 0 spiro atoms. The van der Waals surface area contributed by atoms with Gasteiger partial charge in [0.2, 0.25) is 0 Å². The number of aliphatic hydroxyl groups excluding tert-OH is 1. The molecule has 2 N–H and O–H groups in total. The molecule has 1 saturated heterocycles. The first kappa shape index (κ1) is 25.9.